The molecule has 156 valence electrons. The molecule has 1 atom stereocenters. The number of halogens is 3. The van der Waals surface area contributed by atoms with Crippen LogP contribution >= 0.6 is 0 Å². The number of benzene rings is 2. The fourth-order valence-corrected chi connectivity index (χ4v) is 4.81. The van der Waals surface area contributed by atoms with Gasteiger partial charge in [0.1, 0.15) is 11.8 Å². The maximum Gasteiger partial charge on any atom is 0.573 e. The van der Waals surface area contributed by atoms with E-state index in [-0.39, 0.29) is 23.7 Å². The van der Waals surface area contributed by atoms with Crippen LogP contribution in [0.2, 0.25) is 0 Å². The van der Waals surface area contributed by atoms with Crippen molar-refractivity contribution >= 4 is 15.9 Å². The maximum absolute atomic E-state index is 12.8. The van der Waals surface area contributed by atoms with Gasteiger partial charge in [0.2, 0.25) is 15.9 Å². The van der Waals surface area contributed by atoms with Gasteiger partial charge in [-0.3, -0.25) is 4.79 Å². The minimum atomic E-state index is -4.77. The van der Waals surface area contributed by atoms with E-state index in [1.54, 1.807) is 18.2 Å². The number of hydrogen-bond donors (Lipinski definition) is 1. The van der Waals surface area contributed by atoms with Gasteiger partial charge >= 0.3 is 6.36 Å². The molecular weight excluding hydrogens is 409 g/mol. The average Bonchev–Trinajstić information content (AvgIpc) is 3.17. The second kappa shape index (κ2) is 8.42. The Hall–Kier alpha value is -2.59. The quantitative estimate of drug-likeness (QED) is 0.768. The Morgan fingerprint density at radius 3 is 2.38 bits per heavy atom. The van der Waals surface area contributed by atoms with Crippen LogP contribution in [0.15, 0.2) is 59.5 Å². The summed E-state index contributed by atoms with van der Waals surface area (Å²) < 4.78 is 67.2. The van der Waals surface area contributed by atoms with Crippen molar-refractivity contribution in [1.29, 1.82) is 0 Å². The number of ether oxygens (including phenoxy) is 1. The van der Waals surface area contributed by atoms with Gasteiger partial charge in [0.05, 0.1) is 4.90 Å². The Balaban J connectivity index is 1.63. The molecule has 1 fully saturated rings. The van der Waals surface area contributed by atoms with Gasteiger partial charge in [-0.15, -0.1) is 13.2 Å². The van der Waals surface area contributed by atoms with Crippen molar-refractivity contribution in [2.45, 2.75) is 36.7 Å². The molecule has 0 saturated carbocycles. The largest absolute Gasteiger partial charge is 0.573 e. The molecule has 6 nitrogen and oxygen atoms in total. The van der Waals surface area contributed by atoms with Crippen LogP contribution in [0.25, 0.3) is 0 Å². The van der Waals surface area contributed by atoms with Crippen molar-refractivity contribution in [3.63, 3.8) is 0 Å². The Morgan fingerprint density at radius 2 is 1.76 bits per heavy atom. The maximum atomic E-state index is 12.8. The van der Waals surface area contributed by atoms with E-state index in [0.717, 1.165) is 12.1 Å². The molecule has 0 aliphatic carbocycles. The SMILES string of the molecule is O=C(NCc1ccc(OC(F)(F)F)cc1)C1CCCN1S(=O)(=O)c1ccccc1. The molecule has 1 amide bonds. The number of nitrogens with zero attached hydrogens (tertiary/aromatic N) is 1. The highest BCUT2D eigenvalue weighted by atomic mass is 32.2. The zero-order chi connectivity index (χ0) is 21.1. The van der Waals surface area contributed by atoms with Crippen molar-refractivity contribution in [3.05, 3.63) is 60.2 Å². The number of sulfonamides is 1. The van der Waals surface area contributed by atoms with E-state index in [9.17, 15) is 26.4 Å². The van der Waals surface area contributed by atoms with Crippen molar-refractivity contribution in [3.8, 4) is 5.75 Å². The van der Waals surface area contributed by atoms with Crippen LogP contribution in [0.3, 0.4) is 0 Å². The van der Waals surface area contributed by atoms with Crippen molar-refractivity contribution in [2.75, 3.05) is 6.54 Å². The van der Waals surface area contributed by atoms with E-state index in [2.05, 4.69) is 10.1 Å². The van der Waals surface area contributed by atoms with E-state index < -0.39 is 28.3 Å². The number of rotatable bonds is 6. The number of hydrogen-bond acceptors (Lipinski definition) is 4. The van der Waals surface area contributed by atoms with Gasteiger partial charge in [0.25, 0.3) is 0 Å². The Kier molecular flexibility index (Phi) is 6.13. The predicted molar refractivity (Wildman–Crippen MR) is 98.3 cm³/mol. The lowest BCUT2D eigenvalue weighted by Crippen LogP contribution is -2.45. The van der Waals surface area contributed by atoms with E-state index >= 15 is 0 Å². The first-order valence-corrected chi connectivity index (χ1v) is 10.3. The normalized spacial score (nSPS) is 17.8. The molecule has 0 bridgehead atoms. The first-order chi connectivity index (χ1) is 13.7. The van der Waals surface area contributed by atoms with Gasteiger partial charge in [-0.1, -0.05) is 30.3 Å². The molecule has 0 aromatic heterocycles. The van der Waals surface area contributed by atoms with Crippen LogP contribution in [-0.4, -0.2) is 37.6 Å². The number of alkyl halides is 3. The lowest BCUT2D eigenvalue weighted by atomic mass is 10.2. The molecule has 1 aliphatic rings. The number of carbonyl (C=O) groups is 1. The zero-order valence-corrected chi connectivity index (χ0v) is 16.0. The molecule has 3 rings (SSSR count). The summed E-state index contributed by atoms with van der Waals surface area (Å²) >= 11 is 0. The minimum absolute atomic E-state index is 0.0564. The van der Waals surface area contributed by atoms with Crippen molar-refractivity contribution in [2.24, 2.45) is 0 Å². The smallest absolute Gasteiger partial charge is 0.406 e. The Morgan fingerprint density at radius 1 is 1.10 bits per heavy atom. The van der Waals surface area contributed by atoms with E-state index in [4.69, 9.17) is 0 Å². The lowest BCUT2D eigenvalue weighted by Gasteiger charge is -2.23. The van der Waals surface area contributed by atoms with Crippen LogP contribution in [-0.2, 0) is 21.4 Å². The second-order valence-corrected chi connectivity index (χ2v) is 8.39. The molecule has 1 heterocycles. The molecule has 0 spiro atoms. The molecule has 29 heavy (non-hydrogen) atoms. The third kappa shape index (κ3) is 5.27. The van der Waals surface area contributed by atoms with Crippen LogP contribution in [0.4, 0.5) is 13.2 Å². The molecule has 1 N–H and O–H groups in total. The van der Waals surface area contributed by atoms with Gasteiger partial charge in [-0.2, -0.15) is 4.31 Å². The molecule has 0 radical (unpaired) electrons. The third-order valence-electron chi connectivity index (χ3n) is 4.48. The monoisotopic (exact) mass is 428 g/mol. The van der Waals surface area contributed by atoms with Gasteiger partial charge in [-0.25, -0.2) is 8.42 Å². The molecule has 10 heteroatoms. The number of nitrogens with one attached hydrogen (secondary N) is 1. The van der Waals surface area contributed by atoms with Gasteiger partial charge in [0.15, 0.2) is 0 Å². The van der Waals surface area contributed by atoms with Gasteiger partial charge < -0.3 is 10.1 Å². The van der Waals surface area contributed by atoms with Gasteiger partial charge in [0, 0.05) is 13.1 Å². The summed E-state index contributed by atoms with van der Waals surface area (Å²) in [7, 11) is -3.79. The lowest BCUT2D eigenvalue weighted by molar-refractivity contribution is -0.274. The highest BCUT2D eigenvalue weighted by Gasteiger charge is 2.39. The molecular formula is C19H19F3N2O4S. The average molecular weight is 428 g/mol. The molecule has 2 aromatic rings. The summed E-state index contributed by atoms with van der Waals surface area (Å²) in [5, 5.41) is 2.65. The summed E-state index contributed by atoms with van der Waals surface area (Å²) in [5.41, 5.74) is 0.559. The minimum Gasteiger partial charge on any atom is -0.406 e. The fraction of sp³-hybridized carbons (Fsp3) is 0.316. The van der Waals surface area contributed by atoms with Crippen LogP contribution < -0.4 is 10.1 Å². The molecule has 1 saturated heterocycles. The number of amides is 1. The van der Waals surface area contributed by atoms with E-state index in [1.807, 2.05) is 0 Å². The van der Waals surface area contributed by atoms with Crippen LogP contribution in [0.5, 0.6) is 5.75 Å². The Labute approximate surface area is 166 Å². The van der Waals surface area contributed by atoms with Crippen molar-refractivity contribution in [1.82, 2.24) is 9.62 Å². The summed E-state index contributed by atoms with van der Waals surface area (Å²) in [6.45, 7) is 0.305. The molecule has 1 unspecified atom stereocenters. The summed E-state index contributed by atoms with van der Waals surface area (Å²) in [4.78, 5) is 12.7. The molecule has 1 aliphatic heterocycles. The third-order valence-corrected chi connectivity index (χ3v) is 6.40. The number of carbonyl (C=O) groups excluding carboxylic acids is 1. The summed E-state index contributed by atoms with van der Waals surface area (Å²) in [6, 6.07) is 12.2. The molecule has 2 aromatic carbocycles. The topological polar surface area (TPSA) is 75.7 Å². The van der Waals surface area contributed by atoms with E-state index in [0.29, 0.717) is 18.4 Å². The first-order valence-electron chi connectivity index (χ1n) is 8.86. The highest BCUT2D eigenvalue weighted by molar-refractivity contribution is 7.89. The van der Waals surface area contributed by atoms with E-state index in [1.165, 1.54) is 28.6 Å². The van der Waals surface area contributed by atoms with Crippen LogP contribution in [0, 0.1) is 0 Å². The predicted octanol–water partition coefficient (Wildman–Crippen LogP) is 3.05. The zero-order valence-electron chi connectivity index (χ0n) is 15.2. The second-order valence-electron chi connectivity index (χ2n) is 6.50. The van der Waals surface area contributed by atoms with Crippen molar-refractivity contribution < 1.29 is 31.1 Å². The Bertz CT molecular complexity index is 948. The van der Waals surface area contributed by atoms with Gasteiger partial charge in [-0.05, 0) is 42.7 Å². The standard InChI is InChI=1S/C19H19F3N2O4S/c20-19(21,22)28-15-10-8-14(9-11-15)13-23-18(25)17-7-4-12-24(17)29(26,27)16-5-2-1-3-6-16/h1-3,5-6,8-11,17H,4,7,12-13H2,(H,23,25). The first kappa shape index (κ1) is 21.1. The summed E-state index contributed by atoms with van der Waals surface area (Å²) in [5.74, 6) is -0.805. The van der Waals surface area contributed by atoms with Crippen LogP contribution in [0.1, 0.15) is 18.4 Å². The fourth-order valence-electron chi connectivity index (χ4n) is 3.13. The summed E-state index contributed by atoms with van der Waals surface area (Å²) in [6.07, 6.45) is -3.81. The highest BCUT2D eigenvalue weighted by Crippen LogP contribution is 2.26.